The highest BCUT2D eigenvalue weighted by Gasteiger charge is 2.28. The second-order valence-electron chi connectivity index (χ2n) is 7.62. The normalized spacial score (nSPS) is 12.6. The summed E-state index contributed by atoms with van der Waals surface area (Å²) >= 11 is 0. The van der Waals surface area contributed by atoms with Gasteiger partial charge < -0.3 is 5.11 Å². The molecule has 0 saturated heterocycles. The lowest BCUT2D eigenvalue weighted by atomic mass is 9.72. The van der Waals surface area contributed by atoms with Crippen molar-refractivity contribution in [2.24, 2.45) is 0 Å². The fourth-order valence-electron chi connectivity index (χ4n) is 2.60. The SMILES string of the molecule is C=C(C)Cc1c(O)ccc(C(C)(C)C)c1C(C)(C)C. The molecule has 0 unspecified atom stereocenters. The topological polar surface area (TPSA) is 20.2 Å². The van der Waals surface area contributed by atoms with Gasteiger partial charge in [-0.1, -0.05) is 59.8 Å². The summed E-state index contributed by atoms with van der Waals surface area (Å²) in [6, 6.07) is 3.89. The van der Waals surface area contributed by atoms with Crippen molar-refractivity contribution in [2.75, 3.05) is 0 Å². The number of phenols is 1. The molecule has 1 N–H and O–H groups in total. The highest BCUT2D eigenvalue weighted by Crippen LogP contribution is 2.40. The van der Waals surface area contributed by atoms with Crippen molar-refractivity contribution in [1.82, 2.24) is 0 Å². The highest BCUT2D eigenvalue weighted by atomic mass is 16.3. The van der Waals surface area contributed by atoms with Crippen LogP contribution >= 0.6 is 0 Å². The van der Waals surface area contributed by atoms with Crippen LogP contribution in [0.5, 0.6) is 5.75 Å². The summed E-state index contributed by atoms with van der Waals surface area (Å²) in [5, 5.41) is 10.3. The van der Waals surface area contributed by atoms with Gasteiger partial charge in [-0.2, -0.15) is 0 Å². The van der Waals surface area contributed by atoms with Gasteiger partial charge in [-0.3, -0.25) is 0 Å². The Morgan fingerprint density at radius 1 is 1.05 bits per heavy atom. The van der Waals surface area contributed by atoms with E-state index < -0.39 is 0 Å². The Balaban J connectivity index is 3.65. The second kappa shape index (κ2) is 5.03. The molecule has 0 amide bonds. The molecule has 0 bridgehead atoms. The summed E-state index contributed by atoms with van der Waals surface area (Å²) in [5.41, 5.74) is 4.77. The maximum atomic E-state index is 10.3. The number of hydrogen-bond donors (Lipinski definition) is 1. The summed E-state index contributed by atoms with van der Waals surface area (Å²) in [5.74, 6) is 0.390. The molecule has 19 heavy (non-hydrogen) atoms. The van der Waals surface area contributed by atoms with Gasteiger partial charge in [-0.15, -0.1) is 0 Å². The van der Waals surface area contributed by atoms with E-state index in [0.717, 1.165) is 17.6 Å². The smallest absolute Gasteiger partial charge is 0.119 e. The Bertz CT molecular complexity index is 482. The van der Waals surface area contributed by atoms with Crippen LogP contribution in [-0.2, 0) is 17.3 Å². The van der Waals surface area contributed by atoms with E-state index in [4.69, 9.17) is 0 Å². The van der Waals surface area contributed by atoms with Crippen molar-refractivity contribution in [2.45, 2.75) is 65.7 Å². The van der Waals surface area contributed by atoms with Crippen LogP contribution in [0.15, 0.2) is 24.3 Å². The third-order valence-corrected chi connectivity index (χ3v) is 3.32. The fraction of sp³-hybridized carbons (Fsp3) is 0.556. The van der Waals surface area contributed by atoms with Gasteiger partial charge in [0.2, 0.25) is 0 Å². The Hall–Kier alpha value is -1.24. The summed E-state index contributed by atoms with van der Waals surface area (Å²) in [4.78, 5) is 0. The summed E-state index contributed by atoms with van der Waals surface area (Å²) in [6.07, 6.45) is 0.738. The summed E-state index contributed by atoms with van der Waals surface area (Å²) < 4.78 is 0. The zero-order valence-electron chi connectivity index (χ0n) is 13.5. The van der Waals surface area contributed by atoms with Crippen LogP contribution in [0.3, 0.4) is 0 Å². The molecule has 1 aromatic carbocycles. The largest absolute Gasteiger partial charge is 0.508 e. The number of hydrogen-bond acceptors (Lipinski definition) is 1. The van der Waals surface area contributed by atoms with E-state index in [9.17, 15) is 5.11 Å². The minimum Gasteiger partial charge on any atom is -0.508 e. The van der Waals surface area contributed by atoms with Crippen LogP contribution in [0.25, 0.3) is 0 Å². The Labute approximate surface area is 118 Å². The first-order chi connectivity index (χ1) is 8.44. The maximum absolute atomic E-state index is 10.3. The van der Waals surface area contributed by atoms with Crippen molar-refractivity contribution < 1.29 is 5.11 Å². The Morgan fingerprint density at radius 2 is 1.58 bits per heavy atom. The van der Waals surface area contributed by atoms with Gasteiger partial charge in [0.15, 0.2) is 0 Å². The maximum Gasteiger partial charge on any atom is 0.119 e. The second-order valence-corrected chi connectivity index (χ2v) is 7.62. The van der Waals surface area contributed by atoms with E-state index >= 15 is 0 Å². The van der Waals surface area contributed by atoms with Crippen LogP contribution in [-0.4, -0.2) is 5.11 Å². The van der Waals surface area contributed by atoms with E-state index in [-0.39, 0.29) is 10.8 Å². The third-order valence-electron chi connectivity index (χ3n) is 3.32. The molecular weight excluding hydrogens is 232 g/mol. The lowest BCUT2D eigenvalue weighted by Crippen LogP contribution is -2.24. The predicted molar refractivity (Wildman–Crippen MR) is 84.0 cm³/mol. The quantitative estimate of drug-likeness (QED) is 0.733. The van der Waals surface area contributed by atoms with E-state index in [1.165, 1.54) is 11.1 Å². The van der Waals surface area contributed by atoms with Gasteiger partial charge >= 0.3 is 0 Å². The van der Waals surface area contributed by atoms with Crippen LogP contribution in [0.2, 0.25) is 0 Å². The monoisotopic (exact) mass is 260 g/mol. The van der Waals surface area contributed by atoms with Gasteiger partial charge in [-0.25, -0.2) is 0 Å². The molecule has 1 heteroatoms. The van der Waals surface area contributed by atoms with Gasteiger partial charge in [-0.05, 0) is 41.4 Å². The molecule has 0 aromatic heterocycles. The van der Waals surface area contributed by atoms with E-state index in [0.29, 0.717) is 5.75 Å². The molecule has 0 radical (unpaired) electrons. The van der Waals surface area contributed by atoms with Gasteiger partial charge in [0.25, 0.3) is 0 Å². The molecule has 0 atom stereocenters. The van der Waals surface area contributed by atoms with Crippen molar-refractivity contribution >= 4 is 0 Å². The Kier molecular flexibility index (Phi) is 4.19. The molecule has 106 valence electrons. The zero-order valence-corrected chi connectivity index (χ0v) is 13.5. The van der Waals surface area contributed by atoms with Gasteiger partial charge in [0, 0.05) is 5.56 Å². The average Bonchev–Trinajstić information content (AvgIpc) is 2.16. The molecule has 0 aliphatic heterocycles. The Morgan fingerprint density at radius 3 is 1.95 bits per heavy atom. The lowest BCUT2D eigenvalue weighted by molar-refractivity contribution is 0.457. The minimum absolute atomic E-state index is 0.00609. The van der Waals surface area contributed by atoms with Gasteiger partial charge in [0.1, 0.15) is 5.75 Å². The predicted octanol–water partition coefficient (Wildman–Crippen LogP) is 5.11. The zero-order chi connectivity index (χ0) is 15.0. The average molecular weight is 260 g/mol. The number of benzene rings is 1. The van der Waals surface area contributed by atoms with E-state index in [2.05, 4.69) is 54.2 Å². The van der Waals surface area contributed by atoms with Crippen LogP contribution in [0.4, 0.5) is 0 Å². The minimum atomic E-state index is 0.00609. The van der Waals surface area contributed by atoms with Crippen molar-refractivity contribution in [3.63, 3.8) is 0 Å². The first kappa shape index (κ1) is 15.8. The van der Waals surface area contributed by atoms with Crippen molar-refractivity contribution in [3.8, 4) is 5.75 Å². The molecule has 0 aliphatic rings. The molecule has 1 nitrogen and oxygen atoms in total. The lowest BCUT2D eigenvalue weighted by Gasteiger charge is -2.33. The van der Waals surface area contributed by atoms with E-state index in [1.807, 2.05) is 13.0 Å². The highest BCUT2D eigenvalue weighted by molar-refractivity contribution is 5.51. The molecule has 0 saturated carbocycles. The molecule has 1 aromatic rings. The third kappa shape index (κ3) is 3.62. The first-order valence-corrected chi connectivity index (χ1v) is 6.94. The fourth-order valence-corrected chi connectivity index (χ4v) is 2.60. The van der Waals surface area contributed by atoms with Gasteiger partial charge in [0.05, 0.1) is 0 Å². The summed E-state index contributed by atoms with van der Waals surface area (Å²) in [7, 11) is 0. The number of phenolic OH excluding ortho intramolecular Hbond substituents is 1. The molecule has 0 aliphatic carbocycles. The number of allylic oxidation sites excluding steroid dienone is 1. The van der Waals surface area contributed by atoms with E-state index in [1.54, 1.807) is 0 Å². The van der Waals surface area contributed by atoms with Crippen molar-refractivity contribution in [1.29, 1.82) is 0 Å². The van der Waals surface area contributed by atoms with Crippen molar-refractivity contribution in [3.05, 3.63) is 41.0 Å². The first-order valence-electron chi connectivity index (χ1n) is 6.94. The molecule has 0 spiro atoms. The number of rotatable bonds is 2. The van der Waals surface area contributed by atoms with Crippen LogP contribution < -0.4 is 0 Å². The standard InChI is InChI=1S/C18H28O/c1-12(2)11-13-15(19)10-9-14(17(3,4)5)16(13)18(6,7)8/h9-10,19H,1,11H2,2-8H3. The summed E-state index contributed by atoms with van der Waals surface area (Å²) in [6.45, 7) is 19.3. The van der Waals surface area contributed by atoms with Crippen LogP contribution in [0, 0.1) is 0 Å². The molecule has 1 rings (SSSR count). The van der Waals surface area contributed by atoms with Crippen LogP contribution in [0.1, 0.15) is 65.2 Å². The molecular formula is C18H28O. The number of aromatic hydroxyl groups is 1. The molecule has 0 heterocycles. The molecule has 0 fully saturated rings.